The van der Waals surface area contributed by atoms with Crippen LogP contribution in [-0.2, 0) is 0 Å². The number of rotatable bonds is 4. The van der Waals surface area contributed by atoms with Crippen LogP contribution in [0.5, 0.6) is 5.75 Å². The van der Waals surface area contributed by atoms with Gasteiger partial charge in [-0.15, -0.1) is 0 Å². The molecule has 4 heteroatoms. The van der Waals surface area contributed by atoms with Crippen molar-refractivity contribution in [3.05, 3.63) is 40.2 Å². The van der Waals surface area contributed by atoms with Gasteiger partial charge in [0.25, 0.3) is 0 Å². The van der Waals surface area contributed by atoms with E-state index in [9.17, 15) is 4.79 Å². The van der Waals surface area contributed by atoms with Crippen LogP contribution in [0, 0.1) is 6.92 Å². The lowest BCUT2D eigenvalue weighted by Crippen LogP contribution is -2.11. The summed E-state index contributed by atoms with van der Waals surface area (Å²) in [5.74, 6) is 0.233. The first-order valence-corrected chi connectivity index (χ1v) is 5.50. The normalized spacial score (nSPS) is 10.7. The predicted octanol–water partition coefficient (Wildman–Crippen LogP) is 1.86. The second-order valence-corrected chi connectivity index (χ2v) is 3.77. The minimum Gasteiger partial charge on any atom is -0.486 e. The van der Waals surface area contributed by atoms with Gasteiger partial charge in [0, 0.05) is 24.0 Å². The molecule has 1 aromatic heterocycles. The number of ether oxygens (including phenoxy) is 1. The monoisotopic (exact) mass is 234 g/mol. The first-order chi connectivity index (χ1) is 8.24. The Balaban J connectivity index is 2.45. The maximum Gasteiger partial charge on any atom is 0.379 e. The van der Waals surface area contributed by atoms with E-state index in [1.54, 1.807) is 6.07 Å². The molecule has 1 aromatic carbocycles. The van der Waals surface area contributed by atoms with Crippen molar-refractivity contribution < 1.29 is 14.3 Å². The molecule has 90 valence electrons. The molecule has 1 N–H and O–H groups in total. The number of benzene rings is 1. The molecular formula is C13H14O4. The molecule has 0 saturated carbocycles. The molecule has 17 heavy (non-hydrogen) atoms. The molecule has 4 nitrogen and oxygen atoms in total. The van der Waals surface area contributed by atoms with Crippen LogP contribution < -0.4 is 10.4 Å². The fourth-order valence-corrected chi connectivity index (χ4v) is 1.69. The quantitative estimate of drug-likeness (QED) is 0.648. The lowest BCUT2D eigenvalue weighted by atomic mass is 10.1. The molecule has 0 radical (unpaired) electrons. The third-order valence-electron chi connectivity index (χ3n) is 2.57. The summed E-state index contributed by atoms with van der Waals surface area (Å²) in [4.78, 5) is 11.7. The second kappa shape index (κ2) is 5.01. The lowest BCUT2D eigenvalue weighted by Gasteiger charge is -2.08. The van der Waals surface area contributed by atoms with Crippen LogP contribution in [0.1, 0.15) is 12.0 Å². The number of para-hydroxylation sites is 1. The van der Waals surface area contributed by atoms with Crippen LogP contribution >= 0.6 is 0 Å². The summed E-state index contributed by atoms with van der Waals surface area (Å²) < 4.78 is 10.5. The molecule has 1 heterocycles. The van der Waals surface area contributed by atoms with Crippen LogP contribution in [0.15, 0.2) is 33.5 Å². The van der Waals surface area contributed by atoms with E-state index in [2.05, 4.69) is 0 Å². The molecule has 0 spiro atoms. The highest BCUT2D eigenvalue weighted by atomic mass is 16.5. The van der Waals surface area contributed by atoms with Gasteiger partial charge >= 0.3 is 5.63 Å². The van der Waals surface area contributed by atoms with E-state index in [0.717, 1.165) is 10.9 Å². The molecule has 0 amide bonds. The van der Waals surface area contributed by atoms with Gasteiger partial charge in [-0.25, -0.2) is 4.79 Å². The van der Waals surface area contributed by atoms with E-state index in [1.807, 2.05) is 25.1 Å². The number of hydrogen-bond donors (Lipinski definition) is 1. The molecule has 0 fully saturated rings. The third-order valence-corrected chi connectivity index (χ3v) is 2.57. The van der Waals surface area contributed by atoms with Crippen LogP contribution in [-0.4, -0.2) is 18.3 Å². The van der Waals surface area contributed by atoms with Crippen molar-refractivity contribution in [3.8, 4) is 5.75 Å². The average molecular weight is 234 g/mol. The van der Waals surface area contributed by atoms with Crippen LogP contribution in [0.3, 0.4) is 0 Å². The van der Waals surface area contributed by atoms with Crippen molar-refractivity contribution in [1.82, 2.24) is 0 Å². The minimum atomic E-state index is -0.473. The average Bonchev–Trinajstić information content (AvgIpc) is 2.33. The first kappa shape index (κ1) is 11.7. The fraction of sp³-hybridized carbons (Fsp3) is 0.308. The molecule has 0 atom stereocenters. The summed E-state index contributed by atoms with van der Waals surface area (Å²) in [5, 5.41) is 9.54. The number of fused-ring (bicyclic) bond motifs is 1. The number of hydrogen-bond acceptors (Lipinski definition) is 4. The van der Waals surface area contributed by atoms with Gasteiger partial charge in [-0.1, -0.05) is 18.2 Å². The van der Waals surface area contributed by atoms with Gasteiger partial charge in [-0.05, 0) is 13.0 Å². The maximum atomic E-state index is 11.7. The SMILES string of the molecule is Cc1c(OCCCO)c(=O)oc2ccccc12. The molecule has 2 aromatic rings. The third kappa shape index (κ3) is 2.31. The van der Waals surface area contributed by atoms with Crippen molar-refractivity contribution in [2.45, 2.75) is 13.3 Å². The summed E-state index contributed by atoms with van der Waals surface area (Å²) in [7, 11) is 0. The highest BCUT2D eigenvalue weighted by Gasteiger charge is 2.11. The smallest absolute Gasteiger partial charge is 0.379 e. The zero-order chi connectivity index (χ0) is 12.3. The summed E-state index contributed by atoms with van der Waals surface area (Å²) in [6.07, 6.45) is 0.492. The van der Waals surface area contributed by atoms with Gasteiger partial charge in [0.1, 0.15) is 5.58 Å². The highest BCUT2D eigenvalue weighted by molar-refractivity contribution is 5.81. The van der Waals surface area contributed by atoms with Crippen molar-refractivity contribution >= 4 is 11.0 Å². The van der Waals surface area contributed by atoms with Crippen LogP contribution in [0.2, 0.25) is 0 Å². The van der Waals surface area contributed by atoms with Gasteiger partial charge < -0.3 is 14.3 Å². The first-order valence-electron chi connectivity index (χ1n) is 5.50. The molecule has 0 aliphatic heterocycles. The largest absolute Gasteiger partial charge is 0.486 e. The Labute approximate surface area is 98.4 Å². The molecular weight excluding hydrogens is 220 g/mol. The summed E-state index contributed by atoms with van der Waals surface area (Å²) in [6, 6.07) is 7.33. The standard InChI is InChI=1S/C13H14O4/c1-9-10-5-2-3-6-11(10)17-13(15)12(9)16-8-4-7-14/h2-3,5-6,14H,4,7-8H2,1H3. The molecule has 0 bridgehead atoms. The lowest BCUT2D eigenvalue weighted by molar-refractivity contribution is 0.228. The van der Waals surface area contributed by atoms with Gasteiger partial charge in [0.15, 0.2) is 0 Å². The van der Waals surface area contributed by atoms with Crippen molar-refractivity contribution in [3.63, 3.8) is 0 Å². The maximum absolute atomic E-state index is 11.7. The highest BCUT2D eigenvalue weighted by Crippen LogP contribution is 2.23. The Kier molecular flexibility index (Phi) is 3.44. The number of aryl methyl sites for hydroxylation is 1. The Morgan fingerprint density at radius 1 is 1.35 bits per heavy atom. The van der Waals surface area contributed by atoms with Crippen molar-refractivity contribution in [1.29, 1.82) is 0 Å². The zero-order valence-corrected chi connectivity index (χ0v) is 9.60. The van der Waals surface area contributed by atoms with E-state index in [0.29, 0.717) is 18.6 Å². The van der Waals surface area contributed by atoms with Gasteiger partial charge in [-0.3, -0.25) is 0 Å². The molecule has 0 aliphatic rings. The Morgan fingerprint density at radius 2 is 2.12 bits per heavy atom. The predicted molar refractivity (Wildman–Crippen MR) is 64.4 cm³/mol. The Hall–Kier alpha value is -1.81. The van der Waals surface area contributed by atoms with Gasteiger partial charge in [0.05, 0.1) is 6.61 Å². The van der Waals surface area contributed by atoms with Crippen molar-refractivity contribution in [2.75, 3.05) is 13.2 Å². The van der Waals surface area contributed by atoms with E-state index in [1.165, 1.54) is 0 Å². The second-order valence-electron chi connectivity index (χ2n) is 3.77. The fourth-order valence-electron chi connectivity index (χ4n) is 1.69. The van der Waals surface area contributed by atoms with E-state index in [4.69, 9.17) is 14.3 Å². The van der Waals surface area contributed by atoms with Gasteiger partial charge in [-0.2, -0.15) is 0 Å². The Morgan fingerprint density at radius 3 is 2.88 bits per heavy atom. The zero-order valence-electron chi connectivity index (χ0n) is 9.60. The van der Waals surface area contributed by atoms with E-state index in [-0.39, 0.29) is 12.4 Å². The van der Waals surface area contributed by atoms with E-state index >= 15 is 0 Å². The number of aliphatic hydroxyl groups excluding tert-OH is 1. The topological polar surface area (TPSA) is 59.7 Å². The van der Waals surface area contributed by atoms with Gasteiger partial charge in [0.2, 0.25) is 5.75 Å². The molecule has 2 rings (SSSR count). The summed E-state index contributed by atoms with van der Waals surface area (Å²) in [6.45, 7) is 2.17. The summed E-state index contributed by atoms with van der Waals surface area (Å²) >= 11 is 0. The van der Waals surface area contributed by atoms with Crippen LogP contribution in [0.4, 0.5) is 0 Å². The molecule has 0 saturated heterocycles. The number of aliphatic hydroxyl groups is 1. The van der Waals surface area contributed by atoms with Crippen LogP contribution in [0.25, 0.3) is 11.0 Å². The van der Waals surface area contributed by atoms with Crippen molar-refractivity contribution in [2.24, 2.45) is 0 Å². The molecule has 0 aliphatic carbocycles. The van der Waals surface area contributed by atoms with E-state index < -0.39 is 5.63 Å². The molecule has 0 unspecified atom stereocenters. The minimum absolute atomic E-state index is 0.0396. The summed E-state index contributed by atoms with van der Waals surface area (Å²) in [5.41, 5.74) is 0.860. The Bertz CT molecular complexity index is 571.